The molecular formula is C20H30N2O3. The Labute approximate surface area is 150 Å². The number of ether oxygens (including phenoxy) is 1. The van der Waals surface area contributed by atoms with E-state index < -0.39 is 0 Å². The van der Waals surface area contributed by atoms with Crippen molar-refractivity contribution < 1.29 is 14.6 Å². The normalized spacial score (nSPS) is 24.7. The molecule has 5 nitrogen and oxygen atoms in total. The number of amides is 2. The van der Waals surface area contributed by atoms with E-state index in [4.69, 9.17) is 4.74 Å². The zero-order valence-corrected chi connectivity index (χ0v) is 15.3. The Morgan fingerprint density at radius 3 is 2.84 bits per heavy atom. The molecule has 1 aliphatic heterocycles. The van der Waals surface area contributed by atoms with Gasteiger partial charge in [-0.15, -0.1) is 0 Å². The number of rotatable bonds is 5. The van der Waals surface area contributed by atoms with Crippen LogP contribution >= 0.6 is 0 Å². The number of aliphatic hydroxyl groups excluding tert-OH is 1. The molecule has 1 heterocycles. The molecule has 25 heavy (non-hydrogen) atoms. The van der Waals surface area contributed by atoms with Crippen LogP contribution in [-0.4, -0.2) is 54.5 Å². The molecule has 0 aromatic heterocycles. The number of fused-ring (bicyclic) bond motifs is 1. The molecule has 2 N–H and O–H groups in total. The maximum Gasteiger partial charge on any atom is 0.317 e. The minimum atomic E-state index is -0.310. The lowest BCUT2D eigenvalue weighted by Gasteiger charge is -2.39. The summed E-state index contributed by atoms with van der Waals surface area (Å²) in [5.41, 5.74) is 0.831. The third-order valence-corrected chi connectivity index (χ3v) is 5.75. The molecule has 3 rings (SSSR count). The minimum Gasteiger partial charge on any atom is -0.396 e. The number of carbonyl (C=O) groups excluding carboxylic acids is 1. The average molecular weight is 346 g/mol. The highest BCUT2D eigenvalue weighted by molar-refractivity contribution is 5.75. The van der Waals surface area contributed by atoms with Crippen molar-refractivity contribution in [3.8, 4) is 0 Å². The molecule has 0 unspecified atom stereocenters. The van der Waals surface area contributed by atoms with Crippen molar-refractivity contribution in [1.29, 1.82) is 0 Å². The maximum absolute atomic E-state index is 12.8. The van der Waals surface area contributed by atoms with E-state index in [1.165, 1.54) is 0 Å². The first-order chi connectivity index (χ1) is 12.0. The summed E-state index contributed by atoms with van der Waals surface area (Å²) < 4.78 is 5.79. The minimum absolute atomic E-state index is 0.00475. The van der Waals surface area contributed by atoms with Crippen LogP contribution in [0, 0.1) is 5.41 Å². The van der Waals surface area contributed by atoms with E-state index in [2.05, 4.69) is 17.4 Å². The van der Waals surface area contributed by atoms with Crippen LogP contribution in [0.3, 0.4) is 0 Å². The predicted octanol–water partition coefficient (Wildman–Crippen LogP) is 2.75. The Morgan fingerprint density at radius 1 is 1.36 bits per heavy atom. The molecule has 5 heteroatoms. The standard InChI is InChI=1S/C20H30N2O3/c1-20(2,14-23)16(15-7-4-3-5-8-15)13-21-19(24)22-11-12-25-18-10-6-9-17(18)22/h3-5,7-8,16-18,23H,6,9-14H2,1-2H3,(H,21,24)/t16-,17-,18+/m1/s1. The van der Waals surface area contributed by atoms with Crippen LogP contribution in [0.5, 0.6) is 0 Å². The highest BCUT2D eigenvalue weighted by atomic mass is 16.5. The third-order valence-electron chi connectivity index (χ3n) is 5.75. The van der Waals surface area contributed by atoms with E-state index in [0.717, 1.165) is 24.8 Å². The van der Waals surface area contributed by atoms with Crippen molar-refractivity contribution in [2.24, 2.45) is 5.41 Å². The lowest BCUT2D eigenvalue weighted by molar-refractivity contribution is -0.0384. The van der Waals surface area contributed by atoms with Crippen molar-refractivity contribution in [3.05, 3.63) is 35.9 Å². The Bertz CT molecular complexity index is 576. The Balaban J connectivity index is 1.67. The van der Waals surface area contributed by atoms with Gasteiger partial charge < -0.3 is 20.1 Å². The summed E-state index contributed by atoms with van der Waals surface area (Å²) in [4.78, 5) is 14.7. The van der Waals surface area contributed by atoms with E-state index >= 15 is 0 Å². The smallest absolute Gasteiger partial charge is 0.317 e. The maximum atomic E-state index is 12.8. The predicted molar refractivity (Wildman–Crippen MR) is 97.5 cm³/mol. The summed E-state index contributed by atoms with van der Waals surface area (Å²) in [6, 6.07) is 10.3. The van der Waals surface area contributed by atoms with E-state index in [9.17, 15) is 9.90 Å². The third kappa shape index (κ3) is 3.98. The highest BCUT2D eigenvalue weighted by Crippen LogP contribution is 2.35. The van der Waals surface area contributed by atoms with Gasteiger partial charge in [0, 0.05) is 25.6 Å². The number of urea groups is 1. The molecule has 1 aromatic rings. The molecule has 1 saturated carbocycles. The van der Waals surface area contributed by atoms with E-state index in [0.29, 0.717) is 19.7 Å². The number of hydrogen-bond donors (Lipinski definition) is 2. The van der Waals surface area contributed by atoms with E-state index in [1.807, 2.05) is 36.9 Å². The summed E-state index contributed by atoms with van der Waals surface area (Å²) in [6.45, 7) is 5.96. The van der Waals surface area contributed by atoms with Crippen molar-refractivity contribution >= 4 is 6.03 Å². The van der Waals surface area contributed by atoms with Crippen LogP contribution < -0.4 is 5.32 Å². The number of nitrogens with one attached hydrogen (secondary N) is 1. The lowest BCUT2D eigenvalue weighted by atomic mass is 9.75. The van der Waals surface area contributed by atoms with Crippen LogP contribution in [0.2, 0.25) is 0 Å². The van der Waals surface area contributed by atoms with Gasteiger partial charge in [0.25, 0.3) is 0 Å². The first kappa shape index (κ1) is 18.2. The number of nitrogens with zero attached hydrogens (tertiary/aromatic N) is 1. The second kappa shape index (κ2) is 7.75. The van der Waals surface area contributed by atoms with Crippen LogP contribution in [0.15, 0.2) is 30.3 Å². The quantitative estimate of drug-likeness (QED) is 0.862. The summed E-state index contributed by atoms with van der Waals surface area (Å²) in [5.74, 6) is 0.0584. The van der Waals surface area contributed by atoms with Crippen LogP contribution in [0.4, 0.5) is 4.79 Å². The van der Waals surface area contributed by atoms with Gasteiger partial charge in [-0.25, -0.2) is 4.79 Å². The highest BCUT2D eigenvalue weighted by Gasteiger charge is 2.39. The number of benzene rings is 1. The Morgan fingerprint density at radius 2 is 2.12 bits per heavy atom. The van der Waals surface area contributed by atoms with E-state index in [-0.39, 0.29) is 36.1 Å². The van der Waals surface area contributed by atoms with Gasteiger partial charge >= 0.3 is 6.03 Å². The summed E-state index contributed by atoms with van der Waals surface area (Å²) in [5, 5.41) is 12.9. The molecular weight excluding hydrogens is 316 g/mol. The van der Waals surface area contributed by atoms with Crippen molar-refractivity contribution in [2.75, 3.05) is 26.3 Å². The molecule has 0 bridgehead atoms. The fourth-order valence-electron chi connectivity index (χ4n) is 4.11. The van der Waals surface area contributed by atoms with Crippen molar-refractivity contribution in [3.63, 3.8) is 0 Å². The van der Waals surface area contributed by atoms with E-state index in [1.54, 1.807) is 0 Å². The van der Waals surface area contributed by atoms with Gasteiger partial charge in [0.15, 0.2) is 0 Å². The Kier molecular flexibility index (Phi) is 5.64. The lowest BCUT2D eigenvalue weighted by Crippen LogP contribution is -2.55. The fraction of sp³-hybridized carbons (Fsp3) is 0.650. The summed E-state index contributed by atoms with van der Waals surface area (Å²) in [7, 11) is 0. The van der Waals surface area contributed by atoms with Gasteiger partial charge in [-0.2, -0.15) is 0 Å². The molecule has 0 spiro atoms. The molecule has 1 saturated heterocycles. The van der Waals surface area contributed by atoms with Gasteiger partial charge in [-0.1, -0.05) is 44.2 Å². The number of morpholine rings is 1. The number of hydrogen-bond acceptors (Lipinski definition) is 3. The molecule has 0 radical (unpaired) electrons. The van der Waals surface area contributed by atoms with Crippen molar-refractivity contribution in [2.45, 2.75) is 51.2 Å². The largest absolute Gasteiger partial charge is 0.396 e. The SMILES string of the molecule is CC(C)(CO)[C@H](CNC(=O)N1CCO[C@H]2CCC[C@H]21)c1ccccc1. The number of carbonyl (C=O) groups is 1. The van der Waals surface area contributed by atoms with Gasteiger partial charge in [0.05, 0.1) is 18.8 Å². The fourth-order valence-corrected chi connectivity index (χ4v) is 4.11. The summed E-state index contributed by atoms with van der Waals surface area (Å²) >= 11 is 0. The molecule has 2 fully saturated rings. The molecule has 1 aliphatic carbocycles. The first-order valence-electron chi connectivity index (χ1n) is 9.35. The first-order valence-corrected chi connectivity index (χ1v) is 9.35. The molecule has 2 amide bonds. The van der Waals surface area contributed by atoms with Crippen molar-refractivity contribution in [1.82, 2.24) is 10.2 Å². The zero-order chi connectivity index (χ0) is 17.9. The molecule has 2 aliphatic rings. The van der Waals surface area contributed by atoms with Gasteiger partial charge in [0.1, 0.15) is 0 Å². The van der Waals surface area contributed by atoms with Gasteiger partial charge in [-0.3, -0.25) is 0 Å². The second-order valence-corrected chi connectivity index (χ2v) is 7.90. The van der Waals surface area contributed by atoms with Gasteiger partial charge in [0.2, 0.25) is 0 Å². The van der Waals surface area contributed by atoms with Crippen LogP contribution in [-0.2, 0) is 4.74 Å². The Hall–Kier alpha value is -1.59. The topological polar surface area (TPSA) is 61.8 Å². The van der Waals surface area contributed by atoms with Gasteiger partial charge in [-0.05, 0) is 30.2 Å². The molecule has 138 valence electrons. The monoisotopic (exact) mass is 346 g/mol. The van der Waals surface area contributed by atoms with Crippen LogP contribution in [0.25, 0.3) is 0 Å². The van der Waals surface area contributed by atoms with Crippen LogP contribution in [0.1, 0.15) is 44.6 Å². The second-order valence-electron chi connectivity index (χ2n) is 7.90. The molecule has 3 atom stereocenters. The molecule has 1 aromatic carbocycles. The summed E-state index contributed by atoms with van der Waals surface area (Å²) in [6.07, 6.45) is 3.42. The average Bonchev–Trinajstić information content (AvgIpc) is 3.11. The zero-order valence-electron chi connectivity index (χ0n) is 15.3. The number of aliphatic hydroxyl groups is 1.